The number of aryl methyl sites for hydroxylation is 1. The Morgan fingerprint density at radius 2 is 2.20 bits per heavy atom. The fraction of sp³-hybridized carbons (Fsp3) is 0.556. The molecule has 7 heteroatoms. The van der Waals surface area contributed by atoms with E-state index >= 15 is 0 Å². The summed E-state index contributed by atoms with van der Waals surface area (Å²) >= 11 is 3.48. The van der Waals surface area contributed by atoms with Gasteiger partial charge in [-0.25, -0.2) is 4.99 Å². The van der Waals surface area contributed by atoms with Crippen molar-refractivity contribution in [2.45, 2.75) is 19.9 Å². The van der Waals surface area contributed by atoms with E-state index in [1.165, 1.54) is 5.56 Å². The first-order valence-corrected chi connectivity index (χ1v) is 9.30. The van der Waals surface area contributed by atoms with Crippen molar-refractivity contribution in [3.63, 3.8) is 0 Å². The highest BCUT2D eigenvalue weighted by atomic mass is 79.9. The van der Waals surface area contributed by atoms with Crippen molar-refractivity contribution < 1.29 is 9.53 Å². The lowest BCUT2D eigenvalue weighted by Gasteiger charge is -2.17. The summed E-state index contributed by atoms with van der Waals surface area (Å²) < 4.78 is 6.47. The molecule has 0 aromatic heterocycles. The van der Waals surface area contributed by atoms with Crippen LogP contribution in [0.25, 0.3) is 0 Å². The monoisotopic (exact) mass is 410 g/mol. The molecule has 0 bridgehead atoms. The van der Waals surface area contributed by atoms with Crippen LogP contribution in [0, 0.1) is 12.8 Å². The fourth-order valence-electron chi connectivity index (χ4n) is 2.48. The number of ether oxygens (including phenoxy) is 1. The first-order valence-electron chi connectivity index (χ1n) is 8.51. The summed E-state index contributed by atoms with van der Waals surface area (Å²) in [5.74, 6) is 1.16. The van der Waals surface area contributed by atoms with E-state index in [0.29, 0.717) is 18.4 Å². The van der Waals surface area contributed by atoms with Crippen LogP contribution in [0.2, 0.25) is 0 Å². The first kappa shape index (κ1) is 19.7. The van der Waals surface area contributed by atoms with Crippen molar-refractivity contribution in [2.24, 2.45) is 10.9 Å². The molecule has 1 aliphatic rings. The van der Waals surface area contributed by atoms with Crippen LogP contribution in [-0.2, 0) is 16.1 Å². The smallest absolute Gasteiger partial charge is 0.241 e. The van der Waals surface area contributed by atoms with Crippen LogP contribution in [0.5, 0.6) is 0 Å². The summed E-state index contributed by atoms with van der Waals surface area (Å²) in [5, 5.41) is 6.46. The molecular formula is C18H27BrN4O2. The van der Waals surface area contributed by atoms with Crippen LogP contribution >= 0.6 is 15.9 Å². The van der Waals surface area contributed by atoms with Crippen molar-refractivity contribution in [3.8, 4) is 0 Å². The minimum atomic E-state index is 0.0125. The van der Waals surface area contributed by atoms with Gasteiger partial charge in [0.05, 0.1) is 19.7 Å². The molecule has 1 heterocycles. The van der Waals surface area contributed by atoms with Crippen LogP contribution in [0.4, 0.5) is 0 Å². The molecule has 1 saturated heterocycles. The lowest BCUT2D eigenvalue weighted by molar-refractivity contribution is -0.127. The number of aliphatic imine (C=N–C) groups is 1. The van der Waals surface area contributed by atoms with Gasteiger partial charge in [-0.1, -0.05) is 22.0 Å². The van der Waals surface area contributed by atoms with Gasteiger partial charge >= 0.3 is 0 Å². The van der Waals surface area contributed by atoms with Gasteiger partial charge in [0.1, 0.15) is 0 Å². The molecule has 1 amide bonds. The van der Waals surface area contributed by atoms with Gasteiger partial charge in [-0.15, -0.1) is 0 Å². The van der Waals surface area contributed by atoms with Crippen LogP contribution in [0.15, 0.2) is 27.7 Å². The third-order valence-electron chi connectivity index (χ3n) is 4.20. The van der Waals surface area contributed by atoms with E-state index in [4.69, 9.17) is 4.74 Å². The largest absolute Gasteiger partial charge is 0.381 e. The molecule has 0 aliphatic carbocycles. The number of likely N-dealkylation sites (N-methyl/N-ethyl adjacent to an activating group) is 1. The summed E-state index contributed by atoms with van der Waals surface area (Å²) in [4.78, 5) is 18.0. The molecule has 0 spiro atoms. The molecule has 1 aromatic carbocycles. The summed E-state index contributed by atoms with van der Waals surface area (Å²) in [7, 11) is 3.49. The van der Waals surface area contributed by atoms with Gasteiger partial charge in [0, 0.05) is 37.6 Å². The molecule has 1 aliphatic heterocycles. The first-order chi connectivity index (χ1) is 12.0. The molecular weight excluding hydrogens is 384 g/mol. The second kappa shape index (κ2) is 9.77. The zero-order valence-corrected chi connectivity index (χ0v) is 16.7. The van der Waals surface area contributed by atoms with Gasteiger partial charge in [-0.05, 0) is 36.6 Å². The van der Waals surface area contributed by atoms with Crippen molar-refractivity contribution in [1.82, 2.24) is 15.5 Å². The van der Waals surface area contributed by atoms with Gasteiger partial charge in [-0.3, -0.25) is 4.79 Å². The lowest BCUT2D eigenvalue weighted by Crippen LogP contribution is -2.44. The minimum absolute atomic E-state index is 0.0125. The average Bonchev–Trinajstić information content (AvgIpc) is 3.08. The average molecular weight is 411 g/mol. The van der Waals surface area contributed by atoms with Crippen molar-refractivity contribution in [3.05, 3.63) is 33.8 Å². The third-order valence-corrected chi connectivity index (χ3v) is 4.69. The van der Waals surface area contributed by atoms with E-state index in [-0.39, 0.29) is 12.5 Å². The Morgan fingerprint density at radius 1 is 1.40 bits per heavy atom. The van der Waals surface area contributed by atoms with Gasteiger partial charge in [-0.2, -0.15) is 0 Å². The van der Waals surface area contributed by atoms with E-state index in [2.05, 4.69) is 50.6 Å². The Labute approximate surface area is 158 Å². The molecule has 1 aromatic rings. The molecule has 2 rings (SSSR count). The normalized spacial score (nSPS) is 17.4. The van der Waals surface area contributed by atoms with Gasteiger partial charge in [0.25, 0.3) is 0 Å². The Kier molecular flexibility index (Phi) is 7.71. The Balaban J connectivity index is 1.98. The SMILES string of the molecule is Cc1cc(Br)ccc1CN=C(NCC(=O)N(C)C)NCC1CCOC1. The molecule has 25 heavy (non-hydrogen) atoms. The standard InChI is InChI=1S/C18H27BrN4O2/c1-13-8-16(19)5-4-15(13)10-21-18(22-11-17(24)23(2)3)20-9-14-6-7-25-12-14/h4-5,8,14H,6-7,9-12H2,1-3H3,(H2,20,21,22). The lowest BCUT2D eigenvalue weighted by atomic mass is 10.1. The number of hydrogen-bond donors (Lipinski definition) is 2. The van der Waals surface area contributed by atoms with Crippen LogP contribution < -0.4 is 10.6 Å². The number of benzene rings is 1. The Morgan fingerprint density at radius 3 is 2.84 bits per heavy atom. The van der Waals surface area contributed by atoms with E-state index in [0.717, 1.165) is 36.2 Å². The second-order valence-corrected chi connectivity index (χ2v) is 7.40. The van der Waals surface area contributed by atoms with Crippen LogP contribution in [-0.4, -0.2) is 57.2 Å². The number of carbonyl (C=O) groups excluding carboxylic acids is 1. The number of nitrogens with one attached hydrogen (secondary N) is 2. The van der Waals surface area contributed by atoms with Crippen LogP contribution in [0.1, 0.15) is 17.5 Å². The molecule has 0 radical (unpaired) electrons. The molecule has 1 unspecified atom stereocenters. The minimum Gasteiger partial charge on any atom is -0.381 e. The number of amides is 1. The summed E-state index contributed by atoms with van der Waals surface area (Å²) in [5.41, 5.74) is 2.35. The maximum absolute atomic E-state index is 11.8. The number of guanidine groups is 1. The van der Waals surface area contributed by atoms with Gasteiger partial charge in [0.2, 0.25) is 5.91 Å². The highest BCUT2D eigenvalue weighted by Crippen LogP contribution is 2.16. The van der Waals surface area contributed by atoms with Crippen molar-refractivity contribution >= 4 is 27.8 Å². The summed E-state index contributed by atoms with van der Waals surface area (Å²) in [6.07, 6.45) is 1.06. The quantitative estimate of drug-likeness (QED) is 0.555. The number of halogens is 1. The maximum atomic E-state index is 11.8. The Hall–Kier alpha value is -1.60. The molecule has 6 nitrogen and oxygen atoms in total. The van der Waals surface area contributed by atoms with Crippen molar-refractivity contribution in [1.29, 1.82) is 0 Å². The number of nitrogens with zero attached hydrogens (tertiary/aromatic N) is 2. The number of hydrogen-bond acceptors (Lipinski definition) is 3. The third kappa shape index (κ3) is 6.66. The van der Waals surface area contributed by atoms with E-state index in [1.807, 2.05) is 6.07 Å². The predicted molar refractivity (Wildman–Crippen MR) is 104 cm³/mol. The molecule has 1 fully saturated rings. The maximum Gasteiger partial charge on any atom is 0.241 e. The Bertz CT molecular complexity index is 613. The van der Waals surface area contributed by atoms with E-state index in [1.54, 1.807) is 19.0 Å². The zero-order valence-electron chi connectivity index (χ0n) is 15.1. The molecule has 138 valence electrons. The molecule has 1 atom stereocenters. The van der Waals surface area contributed by atoms with Gasteiger partial charge < -0.3 is 20.3 Å². The summed E-state index contributed by atoms with van der Waals surface area (Å²) in [6.45, 7) is 5.25. The highest BCUT2D eigenvalue weighted by Gasteiger charge is 2.16. The zero-order chi connectivity index (χ0) is 18.2. The molecule has 2 N–H and O–H groups in total. The van der Waals surface area contributed by atoms with Crippen LogP contribution in [0.3, 0.4) is 0 Å². The topological polar surface area (TPSA) is 66.0 Å². The molecule has 0 saturated carbocycles. The number of rotatable bonds is 6. The van der Waals surface area contributed by atoms with Crippen molar-refractivity contribution in [2.75, 3.05) is 40.4 Å². The predicted octanol–water partition coefficient (Wildman–Crippen LogP) is 1.92. The number of carbonyl (C=O) groups is 1. The highest BCUT2D eigenvalue weighted by molar-refractivity contribution is 9.10. The summed E-state index contributed by atoms with van der Waals surface area (Å²) in [6, 6.07) is 6.16. The second-order valence-electron chi connectivity index (χ2n) is 6.49. The fourth-order valence-corrected chi connectivity index (χ4v) is 2.95. The van der Waals surface area contributed by atoms with E-state index in [9.17, 15) is 4.79 Å². The van der Waals surface area contributed by atoms with Gasteiger partial charge in [0.15, 0.2) is 5.96 Å². The van der Waals surface area contributed by atoms with E-state index < -0.39 is 0 Å².